The second-order valence-electron chi connectivity index (χ2n) is 3.78. The number of aryl methyl sites for hydroxylation is 2. The number of aromatic nitrogens is 2. The first kappa shape index (κ1) is 11.0. The van der Waals surface area contributed by atoms with Gasteiger partial charge in [-0.15, -0.1) is 0 Å². The smallest absolute Gasteiger partial charge is 0.0643 e. The Bertz CT molecular complexity index is 471. The van der Waals surface area contributed by atoms with E-state index in [0.717, 1.165) is 28.6 Å². The molecule has 1 heterocycles. The van der Waals surface area contributed by atoms with E-state index in [1.54, 1.807) is 0 Å². The van der Waals surface area contributed by atoms with E-state index in [2.05, 4.69) is 15.5 Å². The average molecular weight is 236 g/mol. The molecule has 3 nitrogen and oxygen atoms in total. The molecule has 0 aliphatic carbocycles. The van der Waals surface area contributed by atoms with Crippen LogP contribution in [0.1, 0.15) is 17.0 Å². The number of rotatable bonds is 3. The van der Waals surface area contributed by atoms with Crippen LogP contribution >= 0.6 is 11.6 Å². The zero-order chi connectivity index (χ0) is 11.5. The highest BCUT2D eigenvalue weighted by Crippen LogP contribution is 2.17. The van der Waals surface area contributed by atoms with Gasteiger partial charge in [-0.05, 0) is 32.0 Å². The first-order valence-electron chi connectivity index (χ1n) is 5.16. The number of hydrogen-bond acceptors (Lipinski definition) is 2. The Morgan fingerprint density at radius 1 is 1.38 bits per heavy atom. The predicted octanol–water partition coefficient (Wildman–Crippen LogP) is 3.29. The summed E-state index contributed by atoms with van der Waals surface area (Å²) in [7, 11) is 0. The van der Waals surface area contributed by atoms with Crippen LogP contribution in [0.25, 0.3) is 0 Å². The van der Waals surface area contributed by atoms with Crippen LogP contribution in [0.5, 0.6) is 0 Å². The lowest BCUT2D eigenvalue weighted by Crippen LogP contribution is -2.01. The molecule has 1 aromatic heterocycles. The number of hydrogen-bond donors (Lipinski definition) is 2. The van der Waals surface area contributed by atoms with Gasteiger partial charge in [0.05, 0.1) is 5.69 Å². The molecule has 1 aromatic carbocycles. The number of aromatic amines is 1. The van der Waals surface area contributed by atoms with Gasteiger partial charge in [-0.2, -0.15) is 5.10 Å². The lowest BCUT2D eigenvalue weighted by Gasteiger charge is -2.06. The van der Waals surface area contributed by atoms with Gasteiger partial charge in [-0.1, -0.05) is 17.7 Å². The molecule has 0 spiro atoms. The maximum absolute atomic E-state index is 5.91. The Hall–Kier alpha value is -1.48. The van der Waals surface area contributed by atoms with Crippen molar-refractivity contribution in [2.75, 3.05) is 5.32 Å². The summed E-state index contributed by atoms with van der Waals surface area (Å²) >= 11 is 5.91. The van der Waals surface area contributed by atoms with Gasteiger partial charge in [0.2, 0.25) is 0 Å². The minimum atomic E-state index is 0.741. The van der Waals surface area contributed by atoms with E-state index >= 15 is 0 Å². The molecule has 0 amide bonds. The highest BCUT2D eigenvalue weighted by molar-refractivity contribution is 6.30. The summed E-state index contributed by atoms with van der Waals surface area (Å²) in [5, 5.41) is 11.2. The first-order valence-corrected chi connectivity index (χ1v) is 5.54. The van der Waals surface area contributed by atoms with Crippen LogP contribution in [-0.4, -0.2) is 10.2 Å². The van der Waals surface area contributed by atoms with E-state index in [9.17, 15) is 0 Å². The normalized spacial score (nSPS) is 10.4. The van der Waals surface area contributed by atoms with Crippen molar-refractivity contribution in [3.05, 3.63) is 46.2 Å². The standard InChI is InChI=1S/C12H14ClN3/c1-8-12(9(2)16-15-8)7-14-11-5-3-4-10(13)6-11/h3-6,14H,7H2,1-2H3,(H,15,16). The Labute approximate surface area is 99.8 Å². The molecule has 0 radical (unpaired) electrons. The SMILES string of the molecule is Cc1n[nH]c(C)c1CNc1cccc(Cl)c1. The second-order valence-corrected chi connectivity index (χ2v) is 4.21. The van der Waals surface area contributed by atoms with Crippen LogP contribution in [0.3, 0.4) is 0 Å². The van der Waals surface area contributed by atoms with Gasteiger partial charge in [0.25, 0.3) is 0 Å². The largest absolute Gasteiger partial charge is 0.381 e. The highest BCUT2D eigenvalue weighted by Gasteiger charge is 2.05. The number of halogens is 1. The molecule has 2 N–H and O–H groups in total. The number of nitrogens with zero attached hydrogens (tertiary/aromatic N) is 1. The fourth-order valence-corrected chi connectivity index (χ4v) is 1.81. The van der Waals surface area contributed by atoms with Crippen molar-refractivity contribution in [2.24, 2.45) is 0 Å². The number of benzene rings is 1. The highest BCUT2D eigenvalue weighted by atomic mass is 35.5. The fraction of sp³-hybridized carbons (Fsp3) is 0.250. The molecule has 0 fully saturated rings. The third kappa shape index (κ3) is 2.36. The Morgan fingerprint density at radius 2 is 2.19 bits per heavy atom. The van der Waals surface area contributed by atoms with E-state index in [4.69, 9.17) is 11.6 Å². The predicted molar refractivity (Wildman–Crippen MR) is 66.8 cm³/mol. The van der Waals surface area contributed by atoms with Crippen molar-refractivity contribution < 1.29 is 0 Å². The fourth-order valence-electron chi connectivity index (χ4n) is 1.62. The lowest BCUT2D eigenvalue weighted by atomic mass is 10.2. The molecular formula is C12H14ClN3. The molecule has 0 saturated heterocycles. The minimum Gasteiger partial charge on any atom is -0.381 e. The molecule has 0 atom stereocenters. The molecule has 84 valence electrons. The van der Waals surface area contributed by atoms with E-state index in [0.29, 0.717) is 0 Å². The van der Waals surface area contributed by atoms with Crippen molar-refractivity contribution >= 4 is 17.3 Å². The molecule has 2 aromatic rings. The summed E-state index contributed by atoms with van der Waals surface area (Å²) < 4.78 is 0. The van der Waals surface area contributed by atoms with E-state index < -0.39 is 0 Å². The third-order valence-electron chi connectivity index (χ3n) is 2.57. The van der Waals surface area contributed by atoms with Crippen molar-refractivity contribution in [2.45, 2.75) is 20.4 Å². The van der Waals surface area contributed by atoms with E-state index in [1.807, 2.05) is 38.1 Å². The Balaban J connectivity index is 2.08. The van der Waals surface area contributed by atoms with Crippen LogP contribution in [0.4, 0.5) is 5.69 Å². The van der Waals surface area contributed by atoms with Crippen molar-refractivity contribution in [1.82, 2.24) is 10.2 Å². The van der Waals surface area contributed by atoms with Gasteiger partial charge >= 0.3 is 0 Å². The molecule has 0 saturated carbocycles. The third-order valence-corrected chi connectivity index (χ3v) is 2.81. The second kappa shape index (κ2) is 4.58. The summed E-state index contributed by atoms with van der Waals surface area (Å²) in [5.74, 6) is 0. The number of H-pyrrole nitrogens is 1. The average Bonchev–Trinajstić information content (AvgIpc) is 2.56. The van der Waals surface area contributed by atoms with Gasteiger partial charge in [0.15, 0.2) is 0 Å². The molecule has 16 heavy (non-hydrogen) atoms. The van der Waals surface area contributed by atoms with E-state index in [1.165, 1.54) is 5.56 Å². The van der Waals surface area contributed by atoms with Gasteiger partial charge in [-0.3, -0.25) is 5.10 Å². The van der Waals surface area contributed by atoms with Gasteiger partial charge in [-0.25, -0.2) is 0 Å². The quantitative estimate of drug-likeness (QED) is 0.857. The molecular weight excluding hydrogens is 222 g/mol. The van der Waals surface area contributed by atoms with Crippen LogP contribution in [-0.2, 0) is 6.54 Å². The molecule has 0 unspecified atom stereocenters. The lowest BCUT2D eigenvalue weighted by molar-refractivity contribution is 1.02. The van der Waals surface area contributed by atoms with Crippen LogP contribution in [0, 0.1) is 13.8 Å². The summed E-state index contributed by atoms with van der Waals surface area (Å²) in [5.41, 5.74) is 4.37. The first-order chi connectivity index (χ1) is 7.66. The van der Waals surface area contributed by atoms with E-state index in [-0.39, 0.29) is 0 Å². The number of anilines is 1. The van der Waals surface area contributed by atoms with Crippen molar-refractivity contribution in [3.8, 4) is 0 Å². The van der Waals surface area contributed by atoms with Crippen LogP contribution in [0.15, 0.2) is 24.3 Å². The topological polar surface area (TPSA) is 40.7 Å². The van der Waals surface area contributed by atoms with Gasteiger partial charge in [0, 0.05) is 28.5 Å². The molecule has 0 aliphatic heterocycles. The number of nitrogens with one attached hydrogen (secondary N) is 2. The monoisotopic (exact) mass is 235 g/mol. The van der Waals surface area contributed by atoms with Gasteiger partial charge in [0.1, 0.15) is 0 Å². The minimum absolute atomic E-state index is 0.741. The maximum atomic E-state index is 5.91. The molecule has 4 heteroatoms. The van der Waals surface area contributed by atoms with Crippen LogP contribution in [0.2, 0.25) is 5.02 Å². The van der Waals surface area contributed by atoms with Gasteiger partial charge < -0.3 is 5.32 Å². The Kier molecular flexibility index (Phi) is 3.15. The zero-order valence-electron chi connectivity index (χ0n) is 9.34. The molecule has 0 aliphatic rings. The summed E-state index contributed by atoms with van der Waals surface area (Å²) in [4.78, 5) is 0. The Morgan fingerprint density at radius 3 is 2.81 bits per heavy atom. The summed E-state index contributed by atoms with van der Waals surface area (Å²) in [6.07, 6.45) is 0. The summed E-state index contributed by atoms with van der Waals surface area (Å²) in [6.45, 7) is 4.78. The van der Waals surface area contributed by atoms with Crippen LogP contribution < -0.4 is 5.32 Å². The zero-order valence-corrected chi connectivity index (χ0v) is 10.1. The van der Waals surface area contributed by atoms with Crippen molar-refractivity contribution in [1.29, 1.82) is 0 Å². The maximum Gasteiger partial charge on any atom is 0.0643 e. The molecule has 2 rings (SSSR count). The van der Waals surface area contributed by atoms with Crippen molar-refractivity contribution in [3.63, 3.8) is 0 Å². The molecule has 0 bridgehead atoms. The summed E-state index contributed by atoms with van der Waals surface area (Å²) in [6, 6.07) is 7.70.